The molecule has 0 atom stereocenters. The highest BCUT2D eigenvalue weighted by molar-refractivity contribution is 7.85. The number of amides is 1. The number of nitrogens with zero attached hydrogens (tertiary/aromatic N) is 1. The van der Waals surface area contributed by atoms with Gasteiger partial charge in [-0.25, -0.2) is 4.98 Å². The molecule has 0 aliphatic carbocycles. The molecule has 110 valence electrons. The second-order valence-electron chi connectivity index (χ2n) is 5.11. The Morgan fingerprint density at radius 3 is 2.76 bits per heavy atom. The van der Waals surface area contributed by atoms with Crippen LogP contribution in [0.1, 0.15) is 23.2 Å². The normalized spacial score (nSPS) is 22.1. The minimum absolute atomic E-state index is 0.0842. The van der Waals surface area contributed by atoms with Crippen LogP contribution in [0.25, 0.3) is 10.9 Å². The van der Waals surface area contributed by atoms with Crippen molar-refractivity contribution in [2.75, 3.05) is 11.5 Å². The van der Waals surface area contributed by atoms with Gasteiger partial charge in [0.05, 0.1) is 11.1 Å². The fourth-order valence-electron chi connectivity index (χ4n) is 2.53. The molecule has 21 heavy (non-hydrogen) atoms. The molecule has 1 aromatic heterocycles. The Bertz CT molecular complexity index is 710. The van der Waals surface area contributed by atoms with Gasteiger partial charge in [0.25, 0.3) is 5.91 Å². The van der Waals surface area contributed by atoms with Gasteiger partial charge >= 0.3 is 0 Å². The van der Waals surface area contributed by atoms with Gasteiger partial charge < -0.3 is 5.32 Å². The Labute approximate surface area is 130 Å². The molecule has 2 aromatic rings. The Hall–Kier alpha value is -1.46. The summed E-state index contributed by atoms with van der Waals surface area (Å²) >= 11 is 6.00. The van der Waals surface area contributed by atoms with Crippen LogP contribution in [0.4, 0.5) is 0 Å². The van der Waals surface area contributed by atoms with E-state index in [1.165, 1.54) is 0 Å². The van der Waals surface area contributed by atoms with Gasteiger partial charge in [0.15, 0.2) is 0 Å². The number of pyridine rings is 1. The van der Waals surface area contributed by atoms with Crippen molar-refractivity contribution in [1.29, 1.82) is 0 Å². The average Bonchev–Trinajstić information content (AvgIpc) is 2.48. The van der Waals surface area contributed by atoms with Crippen LogP contribution in [0, 0.1) is 0 Å². The van der Waals surface area contributed by atoms with Crippen LogP contribution in [-0.4, -0.2) is 32.6 Å². The maximum atomic E-state index is 12.5. The topological polar surface area (TPSA) is 59.1 Å². The third-order valence-corrected chi connectivity index (χ3v) is 5.23. The number of carbonyl (C=O) groups excluding carboxylic acids is 1. The Kier molecular flexibility index (Phi) is 4.22. The van der Waals surface area contributed by atoms with Gasteiger partial charge in [-0.3, -0.25) is 9.00 Å². The summed E-state index contributed by atoms with van der Waals surface area (Å²) in [5.41, 5.74) is 1.25. The monoisotopic (exact) mass is 322 g/mol. The first-order valence-electron chi connectivity index (χ1n) is 6.84. The minimum atomic E-state index is -0.729. The maximum Gasteiger partial charge on any atom is 0.252 e. The summed E-state index contributed by atoms with van der Waals surface area (Å²) in [6.07, 6.45) is 1.52. The zero-order chi connectivity index (χ0) is 14.8. The first-order chi connectivity index (χ1) is 10.1. The number of hydrogen-bond acceptors (Lipinski definition) is 3. The summed E-state index contributed by atoms with van der Waals surface area (Å²) < 4.78 is 11.4. The molecule has 0 saturated carbocycles. The molecular weight excluding hydrogens is 308 g/mol. The number of carbonyl (C=O) groups is 1. The van der Waals surface area contributed by atoms with Gasteiger partial charge in [-0.1, -0.05) is 29.8 Å². The van der Waals surface area contributed by atoms with E-state index in [0.717, 1.165) is 18.2 Å². The smallest absolute Gasteiger partial charge is 0.252 e. The number of nitrogens with one attached hydrogen (secondary N) is 1. The first-order valence-corrected chi connectivity index (χ1v) is 8.71. The quantitative estimate of drug-likeness (QED) is 0.864. The van der Waals surface area contributed by atoms with Crippen LogP contribution >= 0.6 is 11.6 Å². The zero-order valence-corrected chi connectivity index (χ0v) is 12.9. The number of benzene rings is 1. The van der Waals surface area contributed by atoms with E-state index in [1.807, 2.05) is 24.3 Å². The molecule has 0 unspecified atom stereocenters. The zero-order valence-electron chi connectivity index (χ0n) is 11.3. The standard InChI is InChI=1S/C15H15ClN2O2S/c16-14-9-12(11-3-1-2-4-13(11)18-14)15(19)17-10-5-7-21(20)8-6-10/h1-4,9-10H,5-8H2,(H,17,19). The number of rotatable bonds is 2. The van der Waals surface area contributed by atoms with Crippen molar-refractivity contribution in [3.05, 3.63) is 41.0 Å². The molecule has 1 amide bonds. The summed E-state index contributed by atoms with van der Waals surface area (Å²) in [6.45, 7) is 0. The first kappa shape index (κ1) is 14.5. The molecule has 4 nitrogen and oxygen atoms in total. The molecule has 0 radical (unpaired) electrons. The minimum Gasteiger partial charge on any atom is -0.349 e. The predicted molar refractivity (Wildman–Crippen MR) is 85.1 cm³/mol. The summed E-state index contributed by atoms with van der Waals surface area (Å²) in [5, 5.41) is 4.11. The van der Waals surface area contributed by atoms with Gasteiger partial charge in [-0.15, -0.1) is 0 Å². The predicted octanol–water partition coefficient (Wildman–Crippen LogP) is 2.53. The molecular formula is C15H15ClN2O2S. The molecule has 6 heteroatoms. The Morgan fingerprint density at radius 2 is 2.00 bits per heavy atom. The van der Waals surface area contributed by atoms with Gasteiger partial charge in [0.1, 0.15) is 5.15 Å². The van der Waals surface area contributed by atoms with Crippen molar-refractivity contribution in [1.82, 2.24) is 10.3 Å². The number of para-hydroxylation sites is 1. The fraction of sp³-hybridized carbons (Fsp3) is 0.333. The van der Waals surface area contributed by atoms with E-state index < -0.39 is 10.8 Å². The summed E-state index contributed by atoms with van der Waals surface area (Å²) in [5.74, 6) is 1.17. The Balaban J connectivity index is 1.86. The maximum absolute atomic E-state index is 12.5. The molecule has 1 aliphatic rings. The van der Waals surface area contributed by atoms with Gasteiger partial charge in [0.2, 0.25) is 0 Å². The van der Waals surface area contributed by atoms with Crippen LogP contribution in [-0.2, 0) is 10.8 Å². The lowest BCUT2D eigenvalue weighted by Crippen LogP contribution is -2.39. The highest BCUT2D eigenvalue weighted by Crippen LogP contribution is 2.21. The van der Waals surface area contributed by atoms with E-state index in [-0.39, 0.29) is 11.9 Å². The molecule has 1 aromatic carbocycles. The Morgan fingerprint density at radius 1 is 1.29 bits per heavy atom. The average molecular weight is 323 g/mol. The van der Waals surface area contributed by atoms with Crippen molar-refractivity contribution >= 4 is 39.2 Å². The van der Waals surface area contributed by atoms with Gasteiger partial charge in [0, 0.05) is 33.7 Å². The molecule has 3 rings (SSSR count). The third kappa shape index (κ3) is 3.24. The van der Waals surface area contributed by atoms with Crippen LogP contribution in [0.2, 0.25) is 5.15 Å². The van der Waals surface area contributed by atoms with Crippen LogP contribution in [0.3, 0.4) is 0 Å². The lowest BCUT2D eigenvalue weighted by atomic mass is 10.1. The molecule has 1 N–H and O–H groups in total. The molecule has 1 saturated heterocycles. The molecule has 1 fully saturated rings. The number of aromatic nitrogens is 1. The van der Waals surface area contributed by atoms with Crippen molar-refractivity contribution in [2.45, 2.75) is 18.9 Å². The lowest BCUT2D eigenvalue weighted by Gasteiger charge is -2.22. The van der Waals surface area contributed by atoms with E-state index in [0.29, 0.717) is 27.7 Å². The highest BCUT2D eigenvalue weighted by Gasteiger charge is 2.21. The van der Waals surface area contributed by atoms with E-state index in [4.69, 9.17) is 11.6 Å². The van der Waals surface area contributed by atoms with E-state index in [9.17, 15) is 9.00 Å². The number of fused-ring (bicyclic) bond motifs is 1. The van der Waals surface area contributed by atoms with Crippen molar-refractivity contribution < 1.29 is 9.00 Å². The van der Waals surface area contributed by atoms with Crippen molar-refractivity contribution in [3.8, 4) is 0 Å². The third-order valence-electron chi connectivity index (χ3n) is 3.65. The van der Waals surface area contributed by atoms with E-state index in [1.54, 1.807) is 6.07 Å². The second-order valence-corrected chi connectivity index (χ2v) is 7.19. The summed E-state index contributed by atoms with van der Waals surface area (Å²) in [4.78, 5) is 16.7. The van der Waals surface area contributed by atoms with Crippen molar-refractivity contribution in [2.24, 2.45) is 0 Å². The van der Waals surface area contributed by atoms with E-state index >= 15 is 0 Å². The summed E-state index contributed by atoms with van der Waals surface area (Å²) in [6, 6.07) is 9.12. The second kappa shape index (κ2) is 6.12. The number of hydrogen-bond donors (Lipinski definition) is 1. The molecule has 0 bridgehead atoms. The van der Waals surface area contributed by atoms with Gasteiger partial charge in [-0.2, -0.15) is 0 Å². The van der Waals surface area contributed by atoms with Crippen LogP contribution < -0.4 is 5.32 Å². The van der Waals surface area contributed by atoms with Gasteiger partial charge in [-0.05, 0) is 25.0 Å². The SMILES string of the molecule is O=C(NC1CCS(=O)CC1)c1cc(Cl)nc2ccccc12. The molecule has 1 aliphatic heterocycles. The largest absolute Gasteiger partial charge is 0.349 e. The molecule has 2 heterocycles. The fourth-order valence-corrected chi connectivity index (χ4v) is 4.03. The van der Waals surface area contributed by atoms with E-state index in [2.05, 4.69) is 10.3 Å². The highest BCUT2D eigenvalue weighted by atomic mass is 35.5. The lowest BCUT2D eigenvalue weighted by molar-refractivity contribution is 0.0936. The number of halogens is 1. The van der Waals surface area contributed by atoms with Crippen LogP contribution in [0.5, 0.6) is 0 Å². The summed E-state index contributed by atoms with van der Waals surface area (Å²) in [7, 11) is -0.729. The van der Waals surface area contributed by atoms with Crippen molar-refractivity contribution in [3.63, 3.8) is 0 Å². The van der Waals surface area contributed by atoms with Crippen LogP contribution in [0.15, 0.2) is 30.3 Å². The molecule has 0 spiro atoms.